The fourth-order valence-electron chi connectivity index (χ4n) is 4.29. The third-order valence-electron chi connectivity index (χ3n) is 5.87. The number of hydrogen-bond donors (Lipinski definition) is 0. The van der Waals surface area contributed by atoms with Crippen LogP contribution in [0.15, 0.2) is 35.6 Å². The van der Waals surface area contributed by atoms with Crippen molar-refractivity contribution in [1.29, 1.82) is 0 Å². The van der Waals surface area contributed by atoms with Gasteiger partial charge in [0.2, 0.25) is 20.9 Å². The maximum absolute atomic E-state index is 14.2. The standard InChI is InChI=1S/C26H38FN3O4S/c1-19(2)15-29(24(31)13-26(3,4)5)16-21-14-28-25(30(21)17-22-10-8-12-34-22)35(32,33)18-20-9-6-7-11-23(20)27/h6-7,9,11,14,19,22H,8,10,12-13,15-18H2,1-5H3/t22-/m1/s1. The molecule has 0 bridgehead atoms. The van der Waals surface area contributed by atoms with Gasteiger partial charge < -0.3 is 14.2 Å². The molecule has 0 radical (unpaired) electrons. The second-order valence-electron chi connectivity index (χ2n) is 11.0. The van der Waals surface area contributed by atoms with Crippen LogP contribution in [0.25, 0.3) is 0 Å². The van der Waals surface area contributed by atoms with Gasteiger partial charge in [-0.05, 0) is 30.2 Å². The van der Waals surface area contributed by atoms with E-state index in [2.05, 4.69) is 4.98 Å². The maximum Gasteiger partial charge on any atom is 0.228 e. The number of rotatable bonds is 10. The van der Waals surface area contributed by atoms with Gasteiger partial charge in [-0.1, -0.05) is 52.8 Å². The lowest BCUT2D eigenvalue weighted by molar-refractivity contribution is -0.134. The first kappa shape index (κ1) is 27.3. The Morgan fingerprint density at radius 1 is 1.29 bits per heavy atom. The normalized spacial score (nSPS) is 16.7. The fourth-order valence-corrected chi connectivity index (χ4v) is 5.81. The molecule has 0 spiro atoms. The molecular weight excluding hydrogens is 469 g/mol. The van der Waals surface area contributed by atoms with Crippen molar-refractivity contribution in [3.8, 4) is 0 Å². The Labute approximate surface area is 208 Å². The average molecular weight is 508 g/mol. The van der Waals surface area contributed by atoms with Crippen LogP contribution in [0.4, 0.5) is 4.39 Å². The first-order valence-electron chi connectivity index (χ1n) is 12.3. The minimum absolute atomic E-state index is 0.0202. The van der Waals surface area contributed by atoms with E-state index < -0.39 is 21.4 Å². The molecule has 194 valence electrons. The highest BCUT2D eigenvalue weighted by atomic mass is 32.2. The number of carbonyl (C=O) groups is 1. The first-order chi connectivity index (χ1) is 16.4. The Hall–Kier alpha value is -2.26. The summed E-state index contributed by atoms with van der Waals surface area (Å²) in [5.41, 5.74) is 0.566. The molecule has 0 unspecified atom stereocenters. The lowest BCUT2D eigenvalue weighted by Gasteiger charge is -2.29. The van der Waals surface area contributed by atoms with Gasteiger partial charge >= 0.3 is 0 Å². The third-order valence-corrected chi connectivity index (χ3v) is 7.44. The van der Waals surface area contributed by atoms with Crippen LogP contribution in [0, 0.1) is 17.2 Å². The molecule has 1 aromatic heterocycles. The highest BCUT2D eigenvalue weighted by molar-refractivity contribution is 7.90. The zero-order valence-corrected chi connectivity index (χ0v) is 22.3. The highest BCUT2D eigenvalue weighted by Crippen LogP contribution is 2.25. The number of hydrogen-bond acceptors (Lipinski definition) is 5. The van der Waals surface area contributed by atoms with Gasteiger partial charge in [-0.15, -0.1) is 0 Å². The molecule has 1 atom stereocenters. The second kappa shape index (κ2) is 11.2. The maximum atomic E-state index is 14.2. The average Bonchev–Trinajstić information content (AvgIpc) is 3.38. The molecule has 3 rings (SSSR count). The van der Waals surface area contributed by atoms with Crippen molar-refractivity contribution in [2.45, 2.75) is 84.0 Å². The molecule has 0 saturated carbocycles. The molecule has 0 N–H and O–H groups in total. The Kier molecular flexibility index (Phi) is 8.75. The van der Waals surface area contributed by atoms with Crippen LogP contribution in [0.3, 0.4) is 0 Å². The lowest BCUT2D eigenvalue weighted by atomic mass is 9.91. The number of benzene rings is 1. The van der Waals surface area contributed by atoms with Gasteiger partial charge in [0.05, 0.1) is 36.8 Å². The summed E-state index contributed by atoms with van der Waals surface area (Å²) in [4.78, 5) is 19.2. The Morgan fingerprint density at radius 3 is 2.60 bits per heavy atom. The number of amides is 1. The van der Waals surface area contributed by atoms with Crippen molar-refractivity contribution < 1.29 is 22.3 Å². The number of carbonyl (C=O) groups excluding carboxylic acids is 1. The number of sulfone groups is 1. The van der Waals surface area contributed by atoms with Crippen molar-refractivity contribution in [1.82, 2.24) is 14.5 Å². The number of ether oxygens (including phenoxy) is 1. The number of halogens is 1. The van der Waals surface area contributed by atoms with E-state index in [4.69, 9.17) is 4.74 Å². The first-order valence-corrected chi connectivity index (χ1v) is 13.9. The molecular formula is C26H38FN3O4S. The van der Waals surface area contributed by atoms with Crippen LogP contribution in [0.1, 0.15) is 65.1 Å². The van der Waals surface area contributed by atoms with Crippen LogP contribution < -0.4 is 0 Å². The van der Waals surface area contributed by atoms with Crippen LogP contribution in [-0.2, 0) is 38.2 Å². The number of aromatic nitrogens is 2. The largest absolute Gasteiger partial charge is 0.376 e. The summed E-state index contributed by atoms with van der Waals surface area (Å²) >= 11 is 0. The van der Waals surface area contributed by atoms with E-state index in [0.29, 0.717) is 31.8 Å². The van der Waals surface area contributed by atoms with Crippen LogP contribution in [0.2, 0.25) is 0 Å². The van der Waals surface area contributed by atoms with E-state index in [-0.39, 0.29) is 40.6 Å². The number of imidazole rings is 1. The summed E-state index contributed by atoms with van der Waals surface area (Å²) in [6.45, 7) is 11.9. The predicted octanol–water partition coefficient (Wildman–Crippen LogP) is 4.60. The van der Waals surface area contributed by atoms with Gasteiger partial charge in [0.15, 0.2) is 0 Å². The number of nitrogens with zero attached hydrogens (tertiary/aromatic N) is 3. The molecule has 2 aromatic rings. The molecule has 1 fully saturated rings. The molecule has 9 heteroatoms. The van der Waals surface area contributed by atoms with Crippen molar-refractivity contribution >= 4 is 15.7 Å². The molecule has 1 aliphatic heterocycles. The zero-order valence-electron chi connectivity index (χ0n) is 21.5. The summed E-state index contributed by atoms with van der Waals surface area (Å²) in [6, 6.07) is 5.86. The minimum Gasteiger partial charge on any atom is -0.376 e. The molecule has 1 aliphatic rings. The van der Waals surface area contributed by atoms with E-state index in [1.165, 1.54) is 24.4 Å². The Bertz CT molecular complexity index is 1120. The van der Waals surface area contributed by atoms with Gasteiger partial charge in [-0.25, -0.2) is 17.8 Å². The quantitative estimate of drug-likeness (QED) is 0.470. The summed E-state index contributed by atoms with van der Waals surface area (Å²) in [5.74, 6) is -0.783. The monoisotopic (exact) mass is 507 g/mol. The molecule has 2 heterocycles. The SMILES string of the molecule is CC(C)CN(Cc1cnc(S(=O)(=O)Cc2ccccc2F)n1C[C@H]1CCCO1)C(=O)CC(C)(C)C. The summed E-state index contributed by atoms with van der Waals surface area (Å²) in [5, 5.41) is -0.112. The highest BCUT2D eigenvalue weighted by Gasteiger charge is 2.29. The van der Waals surface area contributed by atoms with Gasteiger partial charge in [0.25, 0.3) is 0 Å². The van der Waals surface area contributed by atoms with Gasteiger partial charge in [-0.2, -0.15) is 0 Å². The zero-order chi connectivity index (χ0) is 25.8. The van der Waals surface area contributed by atoms with Gasteiger partial charge in [0.1, 0.15) is 5.82 Å². The Balaban J connectivity index is 1.96. The molecule has 7 nitrogen and oxygen atoms in total. The second-order valence-corrected chi connectivity index (χ2v) is 12.9. The smallest absolute Gasteiger partial charge is 0.228 e. The van der Waals surface area contributed by atoms with Gasteiger partial charge in [-0.3, -0.25) is 4.79 Å². The van der Waals surface area contributed by atoms with Crippen molar-refractivity contribution in [2.24, 2.45) is 11.3 Å². The van der Waals surface area contributed by atoms with Crippen molar-refractivity contribution in [3.05, 3.63) is 47.5 Å². The van der Waals surface area contributed by atoms with Crippen molar-refractivity contribution in [2.75, 3.05) is 13.2 Å². The Morgan fingerprint density at radius 2 is 2.00 bits per heavy atom. The van der Waals surface area contributed by atoms with Gasteiger partial charge in [0, 0.05) is 25.1 Å². The van der Waals surface area contributed by atoms with E-state index in [9.17, 15) is 17.6 Å². The molecule has 0 aliphatic carbocycles. The summed E-state index contributed by atoms with van der Waals surface area (Å²) in [6.07, 6.45) is 3.52. The summed E-state index contributed by atoms with van der Waals surface area (Å²) in [7, 11) is -3.94. The van der Waals surface area contributed by atoms with Crippen molar-refractivity contribution in [3.63, 3.8) is 0 Å². The molecule has 1 amide bonds. The van der Waals surface area contributed by atoms with E-state index >= 15 is 0 Å². The van der Waals surface area contributed by atoms with E-state index in [1.54, 1.807) is 15.5 Å². The predicted molar refractivity (Wildman–Crippen MR) is 133 cm³/mol. The molecule has 1 aromatic carbocycles. The van der Waals surface area contributed by atoms with E-state index in [0.717, 1.165) is 12.8 Å². The molecule has 35 heavy (non-hydrogen) atoms. The summed E-state index contributed by atoms with van der Waals surface area (Å²) < 4.78 is 48.4. The molecule has 1 saturated heterocycles. The van der Waals surface area contributed by atoms with Crippen LogP contribution in [0.5, 0.6) is 0 Å². The lowest BCUT2D eigenvalue weighted by Crippen LogP contribution is -2.36. The third kappa shape index (κ3) is 7.61. The topological polar surface area (TPSA) is 81.5 Å². The van der Waals surface area contributed by atoms with E-state index in [1.807, 2.05) is 34.6 Å². The van der Waals surface area contributed by atoms with Crippen LogP contribution >= 0.6 is 0 Å². The van der Waals surface area contributed by atoms with Crippen LogP contribution in [-0.4, -0.2) is 48.0 Å². The fraction of sp³-hybridized carbons (Fsp3) is 0.615. The minimum atomic E-state index is -3.94.